The van der Waals surface area contributed by atoms with Crippen LogP contribution in [-0.4, -0.2) is 23.9 Å². The van der Waals surface area contributed by atoms with E-state index in [9.17, 15) is 14.9 Å². The third kappa shape index (κ3) is 4.67. The number of hydrogen-bond donors (Lipinski definition) is 1. The number of carbonyl (C=O) groups excluding carboxylic acids is 1. The van der Waals surface area contributed by atoms with Crippen LogP contribution in [0, 0.1) is 10.1 Å². The second kappa shape index (κ2) is 7.94. The van der Waals surface area contributed by atoms with Gasteiger partial charge in [-0.15, -0.1) is 0 Å². The maximum Gasteiger partial charge on any atom is 0.324 e. The molecule has 0 atom stereocenters. The van der Waals surface area contributed by atoms with Crippen molar-refractivity contribution in [3.8, 4) is 0 Å². The Hall–Kier alpha value is -2.67. The van der Waals surface area contributed by atoms with Crippen LogP contribution < -0.4 is 10.2 Å². The first kappa shape index (κ1) is 17.2. The number of nitrogens with one attached hydrogen (secondary N) is 1. The fraction of sp³-hybridized carbons (Fsp3) is 0.278. The van der Waals surface area contributed by atoms with Gasteiger partial charge in [-0.05, 0) is 55.7 Å². The summed E-state index contributed by atoms with van der Waals surface area (Å²) in [7, 11) is 0. The molecule has 130 valence electrons. The quantitative estimate of drug-likeness (QED) is 0.492. The van der Waals surface area contributed by atoms with Crippen molar-refractivity contribution in [3.05, 3.63) is 57.5 Å². The van der Waals surface area contributed by atoms with E-state index in [1.807, 2.05) is 24.3 Å². The van der Waals surface area contributed by atoms with E-state index in [0.717, 1.165) is 30.1 Å². The second-order valence-corrected chi connectivity index (χ2v) is 6.94. The standard InChI is InChI=1S/C18H19N3O3S/c22-17(10-8-16-9-11-18(25-16)21(23)24)19-14-4-6-15(7-5-14)20-12-2-1-3-13-20/h4-11H,1-3,12-13H2,(H,19,22)/b10-8+. The van der Waals surface area contributed by atoms with Crippen LogP contribution in [0.1, 0.15) is 24.1 Å². The zero-order chi connectivity index (χ0) is 17.6. The van der Waals surface area contributed by atoms with Crippen LogP contribution >= 0.6 is 11.3 Å². The van der Waals surface area contributed by atoms with E-state index in [2.05, 4.69) is 10.2 Å². The summed E-state index contributed by atoms with van der Waals surface area (Å²) < 4.78 is 0. The van der Waals surface area contributed by atoms with E-state index in [1.165, 1.54) is 37.1 Å². The molecule has 1 fully saturated rings. The molecule has 0 unspecified atom stereocenters. The summed E-state index contributed by atoms with van der Waals surface area (Å²) in [6.45, 7) is 2.17. The monoisotopic (exact) mass is 357 g/mol. The summed E-state index contributed by atoms with van der Waals surface area (Å²) in [4.78, 5) is 25.2. The van der Waals surface area contributed by atoms with Gasteiger partial charge in [0.05, 0.1) is 4.92 Å². The third-order valence-corrected chi connectivity index (χ3v) is 5.05. The highest BCUT2D eigenvalue weighted by Gasteiger charge is 2.11. The summed E-state index contributed by atoms with van der Waals surface area (Å²) in [6.07, 6.45) is 6.71. The maximum absolute atomic E-state index is 12.0. The van der Waals surface area contributed by atoms with Crippen molar-refractivity contribution in [1.29, 1.82) is 0 Å². The number of nitro groups is 1. The highest BCUT2D eigenvalue weighted by Crippen LogP contribution is 2.25. The predicted octanol–water partition coefficient (Wildman–Crippen LogP) is 4.30. The number of amides is 1. The first-order chi connectivity index (χ1) is 12.1. The largest absolute Gasteiger partial charge is 0.372 e. The number of rotatable bonds is 5. The molecule has 3 rings (SSSR count). The topological polar surface area (TPSA) is 75.5 Å². The predicted molar refractivity (Wildman–Crippen MR) is 101 cm³/mol. The van der Waals surface area contributed by atoms with Gasteiger partial charge in [-0.3, -0.25) is 14.9 Å². The van der Waals surface area contributed by atoms with Gasteiger partial charge in [-0.1, -0.05) is 11.3 Å². The highest BCUT2D eigenvalue weighted by atomic mass is 32.1. The lowest BCUT2D eigenvalue weighted by molar-refractivity contribution is -0.380. The molecule has 0 spiro atoms. The van der Waals surface area contributed by atoms with Crippen LogP contribution in [0.5, 0.6) is 0 Å². The lowest BCUT2D eigenvalue weighted by Gasteiger charge is -2.28. The average Bonchev–Trinajstić information content (AvgIpc) is 3.11. The lowest BCUT2D eigenvalue weighted by atomic mass is 10.1. The molecular weight excluding hydrogens is 338 g/mol. The molecule has 1 aromatic carbocycles. The Bertz CT molecular complexity index is 777. The lowest BCUT2D eigenvalue weighted by Crippen LogP contribution is -2.29. The smallest absolute Gasteiger partial charge is 0.324 e. The molecule has 0 saturated carbocycles. The molecule has 1 aromatic heterocycles. The Balaban J connectivity index is 1.56. The Morgan fingerprint density at radius 3 is 2.48 bits per heavy atom. The van der Waals surface area contributed by atoms with Crippen LogP contribution in [0.2, 0.25) is 0 Å². The Morgan fingerprint density at radius 1 is 1.12 bits per heavy atom. The van der Waals surface area contributed by atoms with Crippen molar-refractivity contribution in [2.75, 3.05) is 23.3 Å². The maximum atomic E-state index is 12.0. The van der Waals surface area contributed by atoms with Gasteiger partial charge in [0.15, 0.2) is 0 Å². The molecule has 1 saturated heterocycles. The van der Waals surface area contributed by atoms with E-state index in [-0.39, 0.29) is 10.9 Å². The summed E-state index contributed by atoms with van der Waals surface area (Å²) >= 11 is 1.04. The van der Waals surface area contributed by atoms with Crippen LogP contribution in [0.3, 0.4) is 0 Å². The second-order valence-electron chi connectivity index (χ2n) is 5.85. The summed E-state index contributed by atoms with van der Waals surface area (Å²) in [5.41, 5.74) is 1.91. The van der Waals surface area contributed by atoms with Crippen LogP contribution in [0.4, 0.5) is 16.4 Å². The number of carbonyl (C=O) groups is 1. The third-order valence-electron chi connectivity index (χ3n) is 4.05. The molecule has 25 heavy (non-hydrogen) atoms. The Kier molecular flexibility index (Phi) is 5.45. The van der Waals surface area contributed by atoms with E-state index in [1.54, 1.807) is 12.1 Å². The van der Waals surface area contributed by atoms with E-state index < -0.39 is 4.92 Å². The number of piperidine rings is 1. The zero-order valence-corrected chi connectivity index (χ0v) is 14.5. The zero-order valence-electron chi connectivity index (χ0n) is 13.7. The molecule has 0 radical (unpaired) electrons. The van der Waals surface area contributed by atoms with Gasteiger partial charge in [0, 0.05) is 41.5 Å². The fourth-order valence-corrected chi connectivity index (χ4v) is 3.50. The number of thiophene rings is 1. The molecule has 0 bridgehead atoms. The molecule has 6 nitrogen and oxygen atoms in total. The van der Waals surface area contributed by atoms with Crippen LogP contribution in [-0.2, 0) is 4.79 Å². The van der Waals surface area contributed by atoms with E-state index in [0.29, 0.717) is 4.88 Å². The SMILES string of the molecule is O=C(/C=C/c1ccc([N+](=O)[O-])s1)Nc1ccc(N2CCCCC2)cc1. The van der Waals surface area contributed by atoms with Crippen molar-refractivity contribution < 1.29 is 9.72 Å². The van der Waals surface area contributed by atoms with Crippen molar-refractivity contribution >= 4 is 39.7 Å². The molecule has 2 heterocycles. The van der Waals surface area contributed by atoms with Crippen molar-refractivity contribution in [2.24, 2.45) is 0 Å². The first-order valence-electron chi connectivity index (χ1n) is 8.20. The average molecular weight is 357 g/mol. The minimum atomic E-state index is -0.439. The first-order valence-corrected chi connectivity index (χ1v) is 9.02. The number of benzene rings is 1. The minimum Gasteiger partial charge on any atom is -0.372 e. The van der Waals surface area contributed by atoms with Gasteiger partial charge in [-0.2, -0.15) is 0 Å². The molecule has 2 aromatic rings. The summed E-state index contributed by atoms with van der Waals surface area (Å²) in [6, 6.07) is 10.9. The summed E-state index contributed by atoms with van der Waals surface area (Å²) in [5.74, 6) is -0.262. The van der Waals surface area contributed by atoms with Crippen LogP contribution in [0.25, 0.3) is 6.08 Å². The van der Waals surface area contributed by atoms with Gasteiger partial charge >= 0.3 is 5.00 Å². The van der Waals surface area contributed by atoms with Gasteiger partial charge < -0.3 is 10.2 Å². The van der Waals surface area contributed by atoms with E-state index in [4.69, 9.17) is 0 Å². The molecule has 1 N–H and O–H groups in total. The molecule has 1 aliphatic rings. The number of nitrogens with zero attached hydrogens (tertiary/aromatic N) is 2. The number of anilines is 2. The molecular formula is C18H19N3O3S. The highest BCUT2D eigenvalue weighted by molar-refractivity contribution is 7.16. The van der Waals surface area contributed by atoms with Gasteiger partial charge in [0.25, 0.3) is 0 Å². The molecule has 7 heteroatoms. The van der Waals surface area contributed by atoms with Gasteiger partial charge in [-0.25, -0.2) is 0 Å². The molecule has 1 aliphatic heterocycles. The van der Waals surface area contributed by atoms with E-state index >= 15 is 0 Å². The van der Waals surface area contributed by atoms with Crippen molar-refractivity contribution in [2.45, 2.75) is 19.3 Å². The molecule has 0 aliphatic carbocycles. The molecule has 1 amide bonds. The normalized spacial score (nSPS) is 14.6. The van der Waals surface area contributed by atoms with Crippen LogP contribution in [0.15, 0.2) is 42.5 Å². The Labute approximate surface area is 149 Å². The van der Waals surface area contributed by atoms with Crippen molar-refractivity contribution in [1.82, 2.24) is 0 Å². The van der Waals surface area contributed by atoms with Crippen molar-refractivity contribution in [3.63, 3.8) is 0 Å². The Morgan fingerprint density at radius 2 is 1.84 bits per heavy atom. The van der Waals surface area contributed by atoms with Gasteiger partial charge in [0.2, 0.25) is 5.91 Å². The summed E-state index contributed by atoms with van der Waals surface area (Å²) in [5, 5.41) is 13.5. The van der Waals surface area contributed by atoms with Gasteiger partial charge in [0.1, 0.15) is 0 Å². The number of hydrogen-bond acceptors (Lipinski definition) is 5. The fourth-order valence-electron chi connectivity index (χ4n) is 2.78. The minimum absolute atomic E-state index is 0.0633.